The summed E-state index contributed by atoms with van der Waals surface area (Å²) in [7, 11) is 1.87. The van der Waals surface area contributed by atoms with Gasteiger partial charge < -0.3 is 10.2 Å². The molecule has 1 atom stereocenters. The molecule has 1 unspecified atom stereocenters. The molecule has 2 rings (SSSR count). The summed E-state index contributed by atoms with van der Waals surface area (Å²) in [6.07, 6.45) is 5.42. The highest BCUT2D eigenvalue weighted by Crippen LogP contribution is 2.32. The first-order valence-electron chi connectivity index (χ1n) is 5.69. The van der Waals surface area contributed by atoms with Gasteiger partial charge in [0.2, 0.25) is 0 Å². The van der Waals surface area contributed by atoms with E-state index in [-0.39, 0.29) is 0 Å². The van der Waals surface area contributed by atoms with Gasteiger partial charge in [-0.15, -0.1) is 0 Å². The molecule has 1 aliphatic heterocycles. The summed E-state index contributed by atoms with van der Waals surface area (Å²) in [4.78, 5) is 10.9. The van der Waals surface area contributed by atoms with Crippen molar-refractivity contribution in [3.05, 3.63) is 10.8 Å². The Balaban J connectivity index is 2.31. The van der Waals surface area contributed by atoms with Gasteiger partial charge in [0.05, 0.1) is 0 Å². The molecule has 0 saturated carbocycles. The average molecular weight is 285 g/mol. The second-order valence-electron chi connectivity index (χ2n) is 4.15. The van der Waals surface area contributed by atoms with Gasteiger partial charge in [0, 0.05) is 19.6 Å². The summed E-state index contributed by atoms with van der Waals surface area (Å²) in [6.45, 7) is 3.34. The fourth-order valence-electron chi connectivity index (χ4n) is 2.15. The maximum absolute atomic E-state index is 4.39. The Kier molecular flexibility index (Phi) is 3.63. The van der Waals surface area contributed by atoms with Crippen molar-refractivity contribution in [3.8, 4) is 0 Å². The van der Waals surface area contributed by atoms with Crippen LogP contribution in [-0.4, -0.2) is 29.6 Å². The molecule has 1 aromatic rings. The van der Waals surface area contributed by atoms with E-state index >= 15 is 0 Å². The van der Waals surface area contributed by atoms with Crippen molar-refractivity contribution >= 4 is 27.6 Å². The van der Waals surface area contributed by atoms with E-state index < -0.39 is 0 Å². The van der Waals surface area contributed by atoms with Gasteiger partial charge in [-0.1, -0.05) is 0 Å². The van der Waals surface area contributed by atoms with Crippen molar-refractivity contribution in [1.82, 2.24) is 9.97 Å². The first kappa shape index (κ1) is 11.6. The number of halogens is 1. The topological polar surface area (TPSA) is 41.1 Å². The molecule has 1 aromatic heterocycles. The minimum absolute atomic E-state index is 0.560. The molecule has 0 aromatic carbocycles. The molecule has 0 radical (unpaired) electrons. The summed E-state index contributed by atoms with van der Waals surface area (Å²) >= 11 is 3.58. The number of rotatable bonds is 2. The Morgan fingerprint density at radius 2 is 2.25 bits per heavy atom. The zero-order chi connectivity index (χ0) is 11.5. The molecule has 5 heteroatoms. The van der Waals surface area contributed by atoms with E-state index in [9.17, 15) is 0 Å². The lowest BCUT2D eigenvalue weighted by Crippen LogP contribution is -2.38. The molecular weight excluding hydrogens is 268 g/mol. The van der Waals surface area contributed by atoms with Crippen molar-refractivity contribution in [3.63, 3.8) is 0 Å². The smallest absolute Gasteiger partial charge is 0.148 e. The van der Waals surface area contributed by atoms with Gasteiger partial charge >= 0.3 is 0 Å². The lowest BCUT2D eigenvalue weighted by molar-refractivity contribution is 0.480. The number of anilines is 2. The fraction of sp³-hybridized carbons (Fsp3) is 0.636. The zero-order valence-electron chi connectivity index (χ0n) is 9.70. The fourth-order valence-corrected chi connectivity index (χ4v) is 2.78. The number of hydrogen-bond donors (Lipinski definition) is 1. The normalized spacial score (nSPS) is 20.9. The van der Waals surface area contributed by atoms with E-state index in [0.717, 1.165) is 22.7 Å². The van der Waals surface area contributed by atoms with Gasteiger partial charge in [-0.2, -0.15) is 0 Å². The largest absolute Gasteiger partial charge is 0.372 e. The summed E-state index contributed by atoms with van der Waals surface area (Å²) in [6, 6.07) is 0.560. The highest BCUT2D eigenvalue weighted by atomic mass is 79.9. The van der Waals surface area contributed by atoms with E-state index in [1.165, 1.54) is 19.3 Å². The van der Waals surface area contributed by atoms with Crippen LogP contribution in [0, 0.1) is 0 Å². The Bertz CT molecular complexity index is 369. The van der Waals surface area contributed by atoms with Gasteiger partial charge in [-0.25, -0.2) is 9.97 Å². The maximum Gasteiger partial charge on any atom is 0.148 e. The quantitative estimate of drug-likeness (QED) is 0.907. The Hall–Kier alpha value is -0.840. The van der Waals surface area contributed by atoms with E-state index in [4.69, 9.17) is 0 Å². The van der Waals surface area contributed by atoms with Crippen LogP contribution in [0.2, 0.25) is 0 Å². The van der Waals surface area contributed by atoms with Crippen LogP contribution in [0.15, 0.2) is 10.8 Å². The molecule has 0 spiro atoms. The van der Waals surface area contributed by atoms with Crippen molar-refractivity contribution in [2.24, 2.45) is 0 Å². The van der Waals surface area contributed by atoms with Crippen LogP contribution in [0.1, 0.15) is 26.2 Å². The molecule has 1 aliphatic rings. The van der Waals surface area contributed by atoms with Crippen molar-refractivity contribution in [2.75, 3.05) is 23.8 Å². The van der Waals surface area contributed by atoms with Gasteiger partial charge in [-0.3, -0.25) is 0 Å². The van der Waals surface area contributed by atoms with Crippen molar-refractivity contribution < 1.29 is 0 Å². The van der Waals surface area contributed by atoms with Crippen LogP contribution < -0.4 is 10.2 Å². The predicted molar refractivity (Wildman–Crippen MR) is 69.9 cm³/mol. The first-order chi connectivity index (χ1) is 7.74. The summed E-state index contributed by atoms with van der Waals surface area (Å²) in [5.41, 5.74) is 0. The highest BCUT2D eigenvalue weighted by molar-refractivity contribution is 9.10. The number of nitrogens with zero attached hydrogens (tertiary/aromatic N) is 3. The molecule has 4 nitrogen and oxygen atoms in total. The van der Waals surface area contributed by atoms with E-state index in [1.807, 2.05) is 7.05 Å². The van der Waals surface area contributed by atoms with Gasteiger partial charge in [0.25, 0.3) is 0 Å². The highest BCUT2D eigenvalue weighted by Gasteiger charge is 2.22. The Morgan fingerprint density at radius 3 is 2.94 bits per heavy atom. The number of piperidine rings is 1. The van der Waals surface area contributed by atoms with Gasteiger partial charge in [-0.05, 0) is 42.1 Å². The van der Waals surface area contributed by atoms with E-state index in [2.05, 4.69) is 43.0 Å². The molecule has 88 valence electrons. The Morgan fingerprint density at radius 1 is 1.44 bits per heavy atom. The molecule has 1 fully saturated rings. The van der Waals surface area contributed by atoms with Crippen LogP contribution in [0.5, 0.6) is 0 Å². The molecular formula is C11H17BrN4. The lowest BCUT2D eigenvalue weighted by atomic mass is 10.0. The predicted octanol–water partition coefficient (Wildman–Crippen LogP) is 2.66. The summed E-state index contributed by atoms with van der Waals surface area (Å²) < 4.78 is 0.964. The van der Waals surface area contributed by atoms with Gasteiger partial charge in [0.15, 0.2) is 0 Å². The van der Waals surface area contributed by atoms with Crippen LogP contribution in [-0.2, 0) is 0 Å². The first-order valence-corrected chi connectivity index (χ1v) is 6.48. The minimum Gasteiger partial charge on any atom is -0.372 e. The Labute approximate surface area is 105 Å². The van der Waals surface area contributed by atoms with Crippen LogP contribution in [0.4, 0.5) is 11.6 Å². The van der Waals surface area contributed by atoms with Crippen molar-refractivity contribution in [2.45, 2.75) is 32.2 Å². The molecule has 0 amide bonds. The number of nitrogens with one attached hydrogen (secondary N) is 1. The number of hydrogen-bond acceptors (Lipinski definition) is 4. The third-order valence-electron chi connectivity index (χ3n) is 3.08. The van der Waals surface area contributed by atoms with Crippen LogP contribution in [0.25, 0.3) is 0 Å². The third-order valence-corrected chi connectivity index (χ3v) is 3.81. The average Bonchev–Trinajstić information content (AvgIpc) is 2.31. The summed E-state index contributed by atoms with van der Waals surface area (Å²) in [5, 5.41) is 3.06. The number of aromatic nitrogens is 2. The SMILES string of the molecule is CNc1ncnc(N2CCCCC2C)c1Br. The molecule has 1 N–H and O–H groups in total. The van der Waals surface area contributed by atoms with E-state index in [1.54, 1.807) is 6.33 Å². The molecule has 2 heterocycles. The zero-order valence-corrected chi connectivity index (χ0v) is 11.3. The van der Waals surface area contributed by atoms with Crippen LogP contribution in [0.3, 0.4) is 0 Å². The van der Waals surface area contributed by atoms with Crippen molar-refractivity contribution in [1.29, 1.82) is 0 Å². The summed E-state index contributed by atoms with van der Waals surface area (Å²) in [5.74, 6) is 1.86. The molecule has 0 aliphatic carbocycles. The van der Waals surface area contributed by atoms with Gasteiger partial charge in [0.1, 0.15) is 22.4 Å². The monoisotopic (exact) mass is 284 g/mol. The molecule has 16 heavy (non-hydrogen) atoms. The second kappa shape index (κ2) is 4.99. The molecule has 1 saturated heterocycles. The van der Waals surface area contributed by atoms with E-state index in [0.29, 0.717) is 6.04 Å². The second-order valence-corrected chi connectivity index (χ2v) is 4.94. The minimum atomic E-state index is 0.560. The van der Waals surface area contributed by atoms with Crippen LogP contribution >= 0.6 is 15.9 Å². The maximum atomic E-state index is 4.39. The molecule has 0 bridgehead atoms. The lowest BCUT2D eigenvalue weighted by Gasteiger charge is -2.35. The third kappa shape index (κ3) is 2.14. The standard InChI is InChI=1S/C11H17BrN4/c1-8-5-3-4-6-16(8)11-9(12)10(13-2)14-7-15-11/h7-8H,3-6H2,1-2H3,(H,13,14,15).